The van der Waals surface area contributed by atoms with Gasteiger partial charge in [-0.15, -0.1) is 6.42 Å². The van der Waals surface area contributed by atoms with Crippen LogP contribution in [0.2, 0.25) is 0 Å². The fourth-order valence-corrected chi connectivity index (χ4v) is 3.53. The Morgan fingerprint density at radius 3 is 2.42 bits per heavy atom. The van der Waals surface area contributed by atoms with E-state index in [1.807, 2.05) is 73.1 Å². The number of benzene rings is 2. The molecule has 0 saturated carbocycles. The zero-order chi connectivity index (χ0) is 23.8. The lowest BCUT2D eigenvalue weighted by atomic mass is 10.2. The number of terminal acetylenes is 1. The summed E-state index contributed by atoms with van der Waals surface area (Å²) in [6.07, 6.45) is 4.58. The lowest BCUT2D eigenvalue weighted by Crippen LogP contribution is -2.39. The molecular formula is C27H33N3O3. The van der Waals surface area contributed by atoms with Gasteiger partial charge in [0.05, 0.1) is 29.7 Å². The molecule has 6 heteroatoms. The summed E-state index contributed by atoms with van der Waals surface area (Å²) in [5.41, 5.74) is 3.95. The Morgan fingerprint density at radius 1 is 1.09 bits per heavy atom. The van der Waals surface area contributed by atoms with Gasteiger partial charge in [0.1, 0.15) is 12.4 Å². The molecule has 0 spiro atoms. The van der Waals surface area contributed by atoms with Crippen molar-refractivity contribution >= 4 is 0 Å². The maximum atomic E-state index is 10.5. The van der Waals surface area contributed by atoms with E-state index in [-0.39, 0.29) is 19.3 Å². The molecular weight excluding hydrogens is 414 g/mol. The van der Waals surface area contributed by atoms with Crippen LogP contribution in [0.1, 0.15) is 30.7 Å². The standard InChI is InChI=1S/C27H33N3O3/c1-6-16-32-19-24(31)17-29(20(2)3)18-26-22(5)28-30(23-10-8-7-9-11-23)27(26)33-25-14-12-21(4)13-15-25/h1,7-15,20,24,31H,16-19H2,2-5H3/t24-/m0/s1. The molecule has 0 bridgehead atoms. The Bertz CT molecular complexity index is 1050. The summed E-state index contributed by atoms with van der Waals surface area (Å²) in [6.45, 7) is 9.65. The van der Waals surface area contributed by atoms with Crippen molar-refractivity contribution in [1.82, 2.24) is 14.7 Å². The summed E-state index contributed by atoms with van der Waals surface area (Å²) >= 11 is 0. The van der Waals surface area contributed by atoms with Gasteiger partial charge in [-0.2, -0.15) is 5.10 Å². The Labute approximate surface area is 196 Å². The van der Waals surface area contributed by atoms with Crippen molar-refractivity contribution in [3.05, 3.63) is 71.4 Å². The second kappa shape index (κ2) is 11.7. The average Bonchev–Trinajstić information content (AvgIpc) is 3.10. The van der Waals surface area contributed by atoms with Crippen molar-refractivity contribution < 1.29 is 14.6 Å². The second-order valence-corrected chi connectivity index (χ2v) is 8.43. The average molecular weight is 448 g/mol. The quantitative estimate of drug-likeness (QED) is 0.346. The van der Waals surface area contributed by atoms with Gasteiger partial charge in [-0.25, -0.2) is 4.68 Å². The van der Waals surface area contributed by atoms with E-state index < -0.39 is 6.10 Å². The van der Waals surface area contributed by atoms with E-state index in [0.717, 1.165) is 22.7 Å². The number of ether oxygens (including phenoxy) is 2. The van der Waals surface area contributed by atoms with Crippen LogP contribution in [-0.2, 0) is 11.3 Å². The fraction of sp³-hybridized carbons (Fsp3) is 0.370. The maximum Gasteiger partial charge on any atom is 0.227 e. The van der Waals surface area contributed by atoms with Gasteiger partial charge in [0.25, 0.3) is 0 Å². The highest BCUT2D eigenvalue weighted by molar-refractivity contribution is 5.43. The van der Waals surface area contributed by atoms with E-state index in [2.05, 4.69) is 24.7 Å². The summed E-state index contributed by atoms with van der Waals surface area (Å²) in [6, 6.07) is 18.1. The Morgan fingerprint density at radius 2 is 1.79 bits per heavy atom. The third kappa shape index (κ3) is 6.69. The molecule has 0 aliphatic carbocycles. The van der Waals surface area contributed by atoms with E-state index in [0.29, 0.717) is 19.0 Å². The number of nitrogens with zero attached hydrogens (tertiary/aromatic N) is 3. The van der Waals surface area contributed by atoms with Crippen LogP contribution in [-0.4, -0.2) is 51.7 Å². The summed E-state index contributed by atoms with van der Waals surface area (Å²) in [7, 11) is 0. The minimum atomic E-state index is -0.647. The van der Waals surface area contributed by atoms with Crippen molar-refractivity contribution in [2.75, 3.05) is 19.8 Å². The third-order valence-corrected chi connectivity index (χ3v) is 5.41. The number of aliphatic hydroxyl groups excluding tert-OH is 1. The normalized spacial score (nSPS) is 12.2. The van der Waals surface area contributed by atoms with E-state index in [1.54, 1.807) is 0 Å². The van der Waals surface area contributed by atoms with Gasteiger partial charge in [-0.1, -0.05) is 41.8 Å². The first kappa shape index (κ1) is 24.5. The molecule has 6 nitrogen and oxygen atoms in total. The zero-order valence-corrected chi connectivity index (χ0v) is 19.9. The Balaban J connectivity index is 1.93. The van der Waals surface area contributed by atoms with Crippen LogP contribution in [0.5, 0.6) is 11.6 Å². The van der Waals surface area contributed by atoms with Crippen molar-refractivity contribution in [2.45, 2.75) is 46.4 Å². The smallest absolute Gasteiger partial charge is 0.227 e. The Kier molecular flexibility index (Phi) is 8.67. The number of rotatable bonds is 11. The molecule has 0 radical (unpaired) electrons. The first-order valence-corrected chi connectivity index (χ1v) is 11.2. The minimum Gasteiger partial charge on any atom is -0.439 e. The molecule has 1 atom stereocenters. The molecule has 1 heterocycles. The SMILES string of the molecule is C#CCOC[C@@H](O)CN(Cc1c(C)nn(-c2ccccc2)c1Oc1ccc(C)cc1)C(C)C. The number of aromatic nitrogens is 2. The molecule has 0 saturated heterocycles. The topological polar surface area (TPSA) is 59.8 Å². The number of para-hydroxylation sites is 1. The lowest BCUT2D eigenvalue weighted by Gasteiger charge is -2.28. The monoisotopic (exact) mass is 447 g/mol. The van der Waals surface area contributed by atoms with Gasteiger partial charge < -0.3 is 14.6 Å². The van der Waals surface area contributed by atoms with E-state index in [9.17, 15) is 5.11 Å². The van der Waals surface area contributed by atoms with Crippen LogP contribution in [0.15, 0.2) is 54.6 Å². The van der Waals surface area contributed by atoms with Gasteiger partial charge in [-0.3, -0.25) is 4.90 Å². The highest BCUT2D eigenvalue weighted by Crippen LogP contribution is 2.32. The second-order valence-electron chi connectivity index (χ2n) is 8.43. The molecule has 33 heavy (non-hydrogen) atoms. The van der Waals surface area contributed by atoms with Crippen molar-refractivity contribution in [3.63, 3.8) is 0 Å². The van der Waals surface area contributed by atoms with Crippen LogP contribution < -0.4 is 4.74 Å². The number of hydrogen-bond acceptors (Lipinski definition) is 5. The number of hydrogen-bond donors (Lipinski definition) is 1. The molecule has 0 aliphatic heterocycles. The Hall–Kier alpha value is -3.11. The van der Waals surface area contributed by atoms with Crippen molar-refractivity contribution in [2.24, 2.45) is 0 Å². The minimum absolute atomic E-state index is 0.191. The lowest BCUT2D eigenvalue weighted by molar-refractivity contribution is 0.0190. The van der Waals surface area contributed by atoms with Gasteiger partial charge in [-0.05, 0) is 52.0 Å². The predicted molar refractivity (Wildman–Crippen MR) is 131 cm³/mol. The fourth-order valence-electron chi connectivity index (χ4n) is 3.53. The molecule has 0 fully saturated rings. The van der Waals surface area contributed by atoms with Crippen LogP contribution in [0.4, 0.5) is 0 Å². The molecule has 1 N–H and O–H groups in total. The van der Waals surface area contributed by atoms with Crippen molar-refractivity contribution in [1.29, 1.82) is 0 Å². The molecule has 0 aliphatic rings. The summed E-state index contributed by atoms with van der Waals surface area (Å²) < 4.78 is 13.6. The number of aryl methyl sites for hydroxylation is 2. The highest BCUT2D eigenvalue weighted by atomic mass is 16.5. The van der Waals surface area contributed by atoms with Crippen LogP contribution in [0, 0.1) is 26.2 Å². The van der Waals surface area contributed by atoms with E-state index in [1.165, 1.54) is 5.56 Å². The molecule has 1 aromatic heterocycles. The summed E-state index contributed by atoms with van der Waals surface area (Å²) in [4.78, 5) is 2.19. The van der Waals surface area contributed by atoms with Crippen LogP contribution in [0.3, 0.4) is 0 Å². The van der Waals surface area contributed by atoms with Crippen LogP contribution >= 0.6 is 0 Å². The molecule has 3 rings (SSSR count). The van der Waals surface area contributed by atoms with Crippen molar-refractivity contribution in [3.8, 4) is 29.7 Å². The van der Waals surface area contributed by atoms with Gasteiger partial charge in [0.15, 0.2) is 0 Å². The molecule has 3 aromatic rings. The first-order valence-electron chi connectivity index (χ1n) is 11.2. The largest absolute Gasteiger partial charge is 0.439 e. The molecule has 174 valence electrons. The first-order chi connectivity index (χ1) is 15.9. The van der Waals surface area contributed by atoms with E-state index in [4.69, 9.17) is 21.0 Å². The molecule has 2 aromatic carbocycles. The van der Waals surface area contributed by atoms with Gasteiger partial charge in [0.2, 0.25) is 5.88 Å². The predicted octanol–water partition coefficient (Wildman–Crippen LogP) is 4.50. The highest BCUT2D eigenvalue weighted by Gasteiger charge is 2.24. The molecule has 0 unspecified atom stereocenters. The zero-order valence-electron chi connectivity index (χ0n) is 19.9. The van der Waals surface area contributed by atoms with Crippen LogP contribution in [0.25, 0.3) is 5.69 Å². The summed E-state index contributed by atoms with van der Waals surface area (Å²) in [5, 5.41) is 15.3. The van der Waals surface area contributed by atoms with Gasteiger partial charge >= 0.3 is 0 Å². The summed E-state index contributed by atoms with van der Waals surface area (Å²) in [5.74, 6) is 3.84. The number of aliphatic hydroxyl groups is 1. The maximum absolute atomic E-state index is 10.5. The van der Waals surface area contributed by atoms with Gasteiger partial charge in [0, 0.05) is 19.1 Å². The molecule has 0 amide bonds. The third-order valence-electron chi connectivity index (χ3n) is 5.41. The van der Waals surface area contributed by atoms with E-state index >= 15 is 0 Å².